The lowest BCUT2D eigenvalue weighted by molar-refractivity contribution is -0.122. The highest BCUT2D eigenvalue weighted by molar-refractivity contribution is 5.74. The van der Waals surface area contributed by atoms with E-state index in [9.17, 15) is 18.0 Å². The van der Waals surface area contributed by atoms with Crippen LogP contribution in [0.4, 0.5) is 18.0 Å². The highest BCUT2D eigenvalue weighted by Crippen LogP contribution is 2.12. The van der Waals surface area contributed by atoms with Gasteiger partial charge in [-0.2, -0.15) is 18.4 Å². The molecule has 0 saturated heterocycles. The van der Waals surface area contributed by atoms with Crippen LogP contribution in [0.2, 0.25) is 0 Å². The number of nitrogens with zero attached hydrogens (tertiary/aromatic N) is 3. The summed E-state index contributed by atoms with van der Waals surface area (Å²) in [6.07, 6.45) is -4.44. The first-order valence-electron chi connectivity index (χ1n) is 4.23. The van der Waals surface area contributed by atoms with E-state index in [1.165, 1.54) is 6.92 Å². The molecule has 0 aliphatic carbocycles. The zero-order valence-electron chi connectivity index (χ0n) is 8.17. The van der Waals surface area contributed by atoms with Crippen molar-refractivity contribution < 1.29 is 18.0 Å². The van der Waals surface area contributed by atoms with Crippen LogP contribution in [0.5, 0.6) is 0 Å². The molecule has 1 aromatic heterocycles. The second-order valence-electron chi connectivity index (χ2n) is 2.93. The lowest BCUT2D eigenvalue weighted by Gasteiger charge is -2.12. The lowest BCUT2D eigenvalue weighted by atomic mass is 10.3. The Morgan fingerprint density at radius 3 is 2.75 bits per heavy atom. The Morgan fingerprint density at radius 1 is 1.56 bits per heavy atom. The number of carbonyl (C=O) groups excluding carboxylic acids is 1. The summed E-state index contributed by atoms with van der Waals surface area (Å²) in [4.78, 5) is 11.0. The number of hydrogen-bond donors (Lipinski definition) is 3. The molecular formula is C6H9F3N6O. The number of halogens is 3. The third kappa shape index (κ3) is 4.11. The van der Waals surface area contributed by atoms with Crippen LogP contribution in [-0.2, 0) is 0 Å². The van der Waals surface area contributed by atoms with Crippen molar-refractivity contribution in [2.45, 2.75) is 19.1 Å². The molecule has 0 fully saturated rings. The standard InChI is InChI=1S/C6H9F3N6O/c1-3(4-12-14-15-13-4)11-5(16)10-2-6(7,8)9/h3H,2H2,1H3,(H2,10,11,16)(H,12,13,14,15). The lowest BCUT2D eigenvalue weighted by Crippen LogP contribution is -2.41. The van der Waals surface area contributed by atoms with Crippen LogP contribution in [0.25, 0.3) is 0 Å². The van der Waals surface area contributed by atoms with E-state index in [0.717, 1.165) is 0 Å². The maximum atomic E-state index is 11.7. The molecule has 0 bridgehead atoms. The number of urea groups is 1. The van der Waals surface area contributed by atoms with Crippen LogP contribution >= 0.6 is 0 Å². The van der Waals surface area contributed by atoms with E-state index in [-0.39, 0.29) is 5.82 Å². The zero-order valence-corrected chi connectivity index (χ0v) is 8.17. The Morgan fingerprint density at radius 2 is 2.25 bits per heavy atom. The van der Waals surface area contributed by atoms with Crippen molar-refractivity contribution in [3.8, 4) is 0 Å². The largest absolute Gasteiger partial charge is 0.405 e. The van der Waals surface area contributed by atoms with Crippen molar-refractivity contribution in [3.05, 3.63) is 5.82 Å². The topological polar surface area (TPSA) is 95.6 Å². The van der Waals surface area contributed by atoms with Crippen molar-refractivity contribution in [2.75, 3.05) is 6.54 Å². The smallest absolute Gasteiger partial charge is 0.329 e. The molecule has 90 valence electrons. The van der Waals surface area contributed by atoms with Crippen molar-refractivity contribution in [1.29, 1.82) is 0 Å². The van der Waals surface area contributed by atoms with Gasteiger partial charge in [-0.3, -0.25) is 0 Å². The fourth-order valence-electron chi connectivity index (χ4n) is 0.846. The van der Waals surface area contributed by atoms with Crippen LogP contribution in [0.3, 0.4) is 0 Å². The maximum Gasteiger partial charge on any atom is 0.405 e. The summed E-state index contributed by atoms with van der Waals surface area (Å²) in [7, 11) is 0. The van der Waals surface area contributed by atoms with Gasteiger partial charge in [0.05, 0.1) is 6.04 Å². The van der Waals surface area contributed by atoms with E-state index in [0.29, 0.717) is 0 Å². The summed E-state index contributed by atoms with van der Waals surface area (Å²) in [6, 6.07) is -1.58. The quantitative estimate of drug-likeness (QED) is 0.697. The molecule has 0 saturated carbocycles. The van der Waals surface area contributed by atoms with Crippen molar-refractivity contribution in [1.82, 2.24) is 31.3 Å². The first-order valence-corrected chi connectivity index (χ1v) is 4.23. The van der Waals surface area contributed by atoms with E-state index in [1.54, 1.807) is 5.32 Å². The van der Waals surface area contributed by atoms with Gasteiger partial charge in [0.25, 0.3) is 0 Å². The van der Waals surface area contributed by atoms with Crippen LogP contribution in [-0.4, -0.2) is 39.4 Å². The van der Waals surface area contributed by atoms with Gasteiger partial charge in [0, 0.05) is 0 Å². The minimum Gasteiger partial charge on any atom is -0.329 e. The molecule has 10 heteroatoms. The number of aromatic nitrogens is 4. The molecule has 2 amide bonds. The number of amides is 2. The maximum absolute atomic E-state index is 11.7. The van der Waals surface area contributed by atoms with Gasteiger partial charge >= 0.3 is 12.2 Å². The van der Waals surface area contributed by atoms with E-state index >= 15 is 0 Å². The van der Waals surface area contributed by atoms with E-state index < -0.39 is 24.8 Å². The number of hydrogen-bond acceptors (Lipinski definition) is 4. The summed E-state index contributed by atoms with van der Waals surface area (Å²) in [5.74, 6) is 0.183. The molecule has 0 aromatic carbocycles. The molecular weight excluding hydrogens is 229 g/mol. The fourth-order valence-corrected chi connectivity index (χ4v) is 0.846. The molecule has 0 aliphatic heterocycles. The predicted octanol–water partition coefficient (Wildman–Crippen LogP) is 0.122. The van der Waals surface area contributed by atoms with Crippen molar-refractivity contribution in [3.63, 3.8) is 0 Å². The number of alkyl halides is 3. The summed E-state index contributed by atoms with van der Waals surface area (Å²) in [6.45, 7) is 0.121. The zero-order chi connectivity index (χ0) is 12.2. The van der Waals surface area contributed by atoms with E-state index in [1.807, 2.05) is 0 Å². The minimum atomic E-state index is -4.44. The van der Waals surface area contributed by atoms with Gasteiger partial charge in [0.2, 0.25) is 0 Å². The number of rotatable bonds is 3. The van der Waals surface area contributed by atoms with Gasteiger partial charge in [-0.05, 0) is 6.92 Å². The van der Waals surface area contributed by atoms with Gasteiger partial charge in [-0.1, -0.05) is 5.21 Å². The molecule has 3 N–H and O–H groups in total. The van der Waals surface area contributed by atoms with Crippen molar-refractivity contribution in [2.24, 2.45) is 0 Å². The molecule has 1 aromatic rings. The van der Waals surface area contributed by atoms with E-state index in [4.69, 9.17) is 0 Å². The first kappa shape index (κ1) is 12.2. The number of tetrazole rings is 1. The van der Waals surface area contributed by atoms with Gasteiger partial charge in [0.15, 0.2) is 5.82 Å². The molecule has 0 radical (unpaired) electrons. The highest BCUT2D eigenvalue weighted by atomic mass is 19.4. The summed E-state index contributed by atoms with van der Waals surface area (Å²) >= 11 is 0. The van der Waals surface area contributed by atoms with Gasteiger partial charge in [-0.15, -0.1) is 10.2 Å². The summed E-state index contributed by atoms with van der Waals surface area (Å²) < 4.78 is 35.2. The summed E-state index contributed by atoms with van der Waals surface area (Å²) in [5, 5.41) is 16.4. The van der Waals surface area contributed by atoms with Crippen LogP contribution < -0.4 is 10.6 Å². The first-order chi connectivity index (χ1) is 7.38. The van der Waals surface area contributed by atoms with Gasteiger partial charge in [0.1, 0.15) is 6.54 Å². The molecule has 7 nitrogen and oxygen atoms in total. The monoisotopic (exact) mass is 238 g/mol. The highest BCUT2D eigenvalue weighted by Gasteiger charge is 2.28. The Balaban J connectivity index is 2.35. The van der Waals surface area contributed by atoms with E-state index in [2.05, 4.69) is 25.9 Å². The normalized spacial score (nSPS) is 13.2. The molecule has 1 unspecified atom stereocenters. The number of aromatic amines is 1. The second-order valence-corrected chi connectivity index (χ2v) is 2.93. The van der Waals surface area contributed by atoms with Gasteiger partial charge in [-0.25, -0.2) is 4.79 Å². The Bertz CT molecular complexity index is 337. The number of nitrogens with one attached hydrogen (secondary N) is 3. The SMILES string of the molecule is CC(NC(=O)NCC(F)(F)F)c1nn[nH]n1. The van der Waals surface area contributed by atoms with Crippen LogP contribution in [0, 0.1) is 0 Å². The third-order valence-electron chi connectivity index (χ3n) is 1.55. The second kappa shape index (κ2) is 4.77. The average molecular weight is 238 g/mol. The number of H-pyrrole nitrogens is 1. The molecule has 1 atom stereocenters. The molecule has 1 rings (SSSR count). The predicted molar refractivity (Wildman–Crippen MR) is 45.2 cm³/mol. The van der Waals surface area contributed by atoms with Crippen LogP contribution in [0.1, 0.15) is 18.8 Å². The Labute approximate surface area is 87.8 Å². The fraction of sp³-hybridized carbons (Fsp3) is 0.667. The Hall–Kier alpha value is -1.87. The Kier molecular flexibility index (Phi) is 3.64. The summed E-state index contributed by atoms with van der Waals surface area (Å²) in [5.41, 5.74) is 0. The van der Waals surface area contributed by atoms with Gasteiger partial charge < -0.3 is 10.6 Å². The number of carbonyl (C=O) groups is 1. The third-order valence-corrected chi connectivity index (χ3v) is 1.55. The molecule has 16 heavy (non-hydrogen) atoms. The molecule has 1 heterocycles. The molecule has 0 aliphatic rings. The van der Waals surface area contributed by atoms with Crippen molar-refractivity contribution >= 4 is 6.03 Å². The minimum absolute atomic E-state index is 0.183. The van der Waals surface area contributed by atoms with Crippen LogP contribution in [0.15, 0.2) is 0 Å². The molecule has 0 spiro atoms. The average Bonchev–Trinajstić information content (AvgIpc) is 2.66.